The van der Waals surface area contributed by atoms with E-state index < -0.39 is 0 Å². The Morgan fingerprint density at radius 1 is 1.21 bits per heavy atom. The Kier molecular flexibility index (Phi) is 4.79. The Morgan fingerprint density at radius 2 is 1.96 bits per heavy atom. The summed E-state index contributed by atoms with van der Waals surface area (Å²) in [5, 5.41) is 5.24. The number of aromatic nitrogens is 4. The van der Waals surface area contributed by atoms with Gasteiger partial charge in [0.15, 0.2) is 5.65 Å². The average molecular weight is 324 g/mol. The van der Waals surface area contributed by atoms with Gasteiger partial charge in [0.1, 0.15) is 11.2 Å². The third kappa shape index (κ3) is 3.25. The fourth-order valence-electron chi connectivity index (χ4n) is 3.26. The summed E-state index contributed by atoms with van der Waals surface area (Å²) in [6, 6.07) is 10.8. The molecule has 0 saturated carbocycles. The maximum Gasteiger partial charge on any atom is 0.262 e. The van der Waals surface area contributed by atoms with Crippen molar-refractivity contribution in [3.63, 3.8) is 0 Å². The molecule has 3 aromatic rings. The van der Waals surface area contributed by atoms with Crippen LogP contribution in [0.4, 0.5) is 0 Å². The molecule has 1 N–H and O–H groups in total. The average Bonchev–Trinajstić information content (AvgIpc) is 2.89. The van der Waals surface area contributed by atoms with Crippen molar-refractivity contribution in [3.05, 3.63) is 57.8 Å². The molecule has 0 fully saturated rings. The van der Waals surface area contributed by atoms with Gasteiger partial charge >= 0.3 is 0 Å². The number of nitrogens with zero attached hydrogens (tertiary/aromatic N) is 3. The van der Waals surface area contributed by atoms with Crippen LogP contribution in [0.15, 0.2) is 35.1 Å². The fraction of sp³-hybridized carbons (Fsp3) is 0.421. The van der Waals surface area contributed by atoms with E-state index in [9.17, 15) is 4.79 Å². The molecule has 5 heteroatoms. The van der Waals surface area contributed by atoms with Gasteiger partial charge in [0.05, 0.1) is 11.7 Å². The van der Waals surface area contributed by atoms with E-state index in [1.807, 2.05) is 24.6 Å². The van der Waals surface area contributed by atoms with Crippen LogP contribution in [0.5, 0.6) is 0 Å². The molecule has 2 heterocycles. The second kappa shape index (κ2) is 6.99. The molecule has 0 amide bonds. The van der Waals surface area contributed by atoms with Crippen LogP contribution in [0, 0.1) is 13.8 Å². The van der Waals surface area contributed by atoms with Gasteiger partial charge in [-0.2, -0.15) is 5.10 Å². The number of aryl methyl sites for hydroxylation is 3. The molecule has 0 radical (unpaired) electrons. The fourth-order valence-corrected chi connectivity index (χ4v) is 3.26. The highest BCUT2D eigenvalue weighted by Gasteiger charge is 2.18. The Bertz CT molecular complexity index is 880. The highest BCUT2D eigenvalue weighted by atomic mass is 16.1. The molecular weight excluding hydrogens is 300 g/mol. The van der Waals surface area contributed by atoms with Gasteiger partial charge in [-0.25, -0.2) is 9.67 Å². The van der Waals surface area contributed by atoms with Crippen molar-refractivity contribution < 1.29 is 0 Å². The molecule has 0 aliphatic carbocycles. The predicted molar refractivity (Wildman–Crippen MR) is 96.3 cm³/mol. The van der Waals surface area contributed by atoms with Crippen LogP contribution in [-0.4, -0.2) is 19.7 Å². The predicted octanol–water partition coefficient (Wildman–Crippen LogP) is 3.71. The summed E-state index contributed by atoms with van der Waals surface area (Å²) in [5.41, 5.74) is 2.72. The van der Waals surface area contributed by atoms with E-state index in [-0.39, 0.29) is 11.6 Å². The lowest BCUT2D eigenvalue weighted by atomic mass is 10.0. The minimum atomic E-state index is -0.0969. The van der Waals surface area contributed by atoms with Crippen LogP contribution < -0.4 is 5.56 Å². The first-order valence-corrected chi connectivity index (χ1v) is 8.59. The monoisotopic (exact) mass is 324 g/mol. The molecule has 5 nitrogen and oxygen atoms in total. The Balaban J connectivity index is 1.83. The van der Waals surface area contributed by atoms with Crippen molar-refractivity contribution >= 4 is 11.0 Å². The number of hydrogen-bond donors (Lipinski definition) is 1. The largest absolute Gasteiger partial charge is 0.310 e. The summed E-state index contributed by atoms with van der Waals surface area (Å²) in [7, 11) is 0. The van der Waals surface area contributed by atoms with E-state index in [4.69, 9.17) is 0 Å². The van der Waals surface area contributed by atoms with Gasteiger partial charge in [-0.05, 0) is 45.1 Å². The van der Waals surface area contributed by atoms with E-state index >= 15 is 0 Å². The van der Waals surface area contributed by atoms with Crippen molar-refractivity contribution in [2.45, 2.75) is 52.5 Å². The van der Waals surface area contributed by atoms with Crippen LogP contribution in [-0.2, 0) is 6.42 Å². The maximum absolute atomic E-state index is 12.2. The van der Waals surface area contributed by atoms with Crippen molar-refractivity contribution in [1.29, 1.82) is 0 Å². The summed E-state index contributed by atoms with van der Waals surface area (Å²) in [4.78, 5) is 19.5. The molecular formula is C19H24N4O. The number of hydrogen-bond acceptors (Lipinski definition) is 3. The van der Waals surface area contributed by atoms with Gasteiger partial charge in [-0.15, -0.1) is 0 Å². The third-order valence-corrected chi connectivity index (χ3v) is 4.52. The summed E-state index contributed by atoms with van der Waals surface area (Å²) in [5.74, 6) is 0.632. The molecule has 3 rings (SSSR count). The lowest BCUT2D eigenvalue weighted by molar-refractivity contribution is 0.409. The molecule has 0 spiro atoms. The first-order chi connectivity index (χ1) is 11.6. The normalized spacial score (nSPS) is 12.6. The minimum Gasteiger partial charge on any atom is -0.310 e. The van der Waals surface area contributed by atoms with E-state index in [0.717, 1.165) is 31.4 Å². The Morgan fingerprint density at radius 3 is 2.67 bits per heavy atom. The topological polar surface area (TPSA) is 63.6 Å². The van der Waals surface area contributed by atoms with Crippen molar-refractivity contribution in [2.24, 2.45) is 0 Å². The summed E-state index contributed by atoms with van der Waals surface area (Å²) < 4.78 is 1.96. The first-order valence-electron chi connectivity index (χ1n) is 8.59. The highest BCUT2D eigenvalue weighted by molar-refractivity contribution is 5.77. The number of aromatic amines is 1. The van der Waals surface area contributed by atoms with Crippen LogP contribution in [0.2, 0.25) is 0 Å². The summed E-state index contributed by atoms with van der Waals surface area (Å²) >= 11 is 0. The number of benzene rings is 1. The molecule has 1 atom stereocenters. The van der Waals surface area contributed by atoms with Gasteiger partial charge in [0.2, 0.25) is 0 Å². The van der Waals surface area contributed by atoms with Crippen molar-refractivity contribution in [1.82, 2.24) is 19.7 Å². The highest BCUT2D eigenvalue weighted by Crippen LogP contribution is 2.23. The van der Waals surface area contributed by atoms with E-state index in [0.29, 0.717) is 16.9 Å². The van der Waals surface area contributed by atoms with Crippen LogP contribution in [0.25, 0.3) is 11.0 Å². The summed E-state index contributed by atoms with van der Waals surface area (Å²) in [6.45, 7) is 5.85. The van der Waals surface area contributed by atoms with E-state index in [1.54, 1.807) is 0 Å². The van der Waals surface area contributed by atoms with Crippen molar-refractivity contribution in [2.75, 3.05) is 0 Å². The molecule has 126 valence electrons. The Hall–Kier alpha value is -2.43. The van der Waals surface area contributed by atoms with Crippen LogP contribution in [0.3, 0.4) is 0 Å². The zero-order chi connectivity index (χ0) is 17.1. The van der Waals surface area contributed by atoms with Gasteiger partial charge in [-0.3, -0.25) is 4.79 Å². The second-order valence-corrected chi connectivity index (χ2v) is 6.32. The van der Waals surface area contributed by atoms with Gasteiger partial charge < -0.3 is 4.98 Å². The number of rotatable bonds is 6. The molecule has 2 aromatic heterocycles. The Labute approximate surface area is 141 Å². The van der Waals surface area contributed by atoms with Gasteiger partial charge in [0, 0.05) is 0 Å². The number of fused-ring (bicyclic) bond motifs is 1. The van der Waals surface area contributed by atoms with Gasteiger partial charge in [-0.1, -0.05) is 37.3 Å². The quantitative estimate of drug-likeness (QED) is 0.752. The second-order valence-electron chi connectivity index (χ2n) is 6.32. The van der Waals surface area contributed by atoms with Crippen LogP contribution in [0.1, 0.15) is 49.3 Å². The molecule has 1 unspecified atom stereocenters. The smallest absolute Gasteiger partial charge is 0.262 e. The SMILES string of the molecule is CCC(CCCc1ccccc1)n1nc(C)c2c(=O)[nH]c(C)nc21. The molecule has 0 saturated heterocycles. The number of H-pyrrole nitrogens is 1. The first kappa shape index (κ1) is 16.4. The molecule has 0 aliphatic rings. The minimum absolute atomic E-state index is 0.0969. The molecule has 0 aliphatic heterocycles. The number of nitrogens with one attached hydrogen (secondary N) is 1. The van der Waals surface area contributed by atoms with Crippen LogP contribution >= 0.6 is 0 Å². The van der Waals surface area contributed by atoms with Crippen molar-refractivity contribution in [3.8, 4) is 0 Å². The molecule has 0 bridgehead atoms. The molecule has 24 heavy (non-hydrogen) atoms. The maximum atomic E-state index is 12.2. The lowest BCUT2D eigenvalue weighted by Gasteiger charge is -2.16. The van der Waals surface area contributed by atoms with E-state index in [1.165, 1.54) is 5.56 Å². The lowest BCUT2D eigenvalue weighted by Crippen LogP contribution is -2.14. The zero-order valence-corrected chi connectivity index (χ0v) is 14.5. The van der Waals surface area contributed by atoms with E-state index in [2.05, 4.69) is 46.3 Å². The third-order valence-electron chi connectivity index (χ3n) is 4.52. The molecule has 1 aromatic carbocycles. The van der Waals surface area contributed by atoms with Gasteiger partial charge in [0.25, 0.3) is 5.56 Å². The standard InChI is InChI=1S/C19H24N4O/c1-4-16(12-8-11-15-9-6-5-7-10-15)23-18-17(13(2)22-23)19(24)21-14(3)20-18/h5-7,9-10,16H,4,8,11-12H2,1-3H3,(H,20,21,24). The zero-order valence-electron chi connectivity index (χ0n) is 14.5. The summed E-state index contributed by atoms with van der Waals surface area (Å²) in [6.07, 6.45) is 4.14.